The van der Waals surface area contributed by atoms with Gasteiger partial charge in [-0.2, -0.15) is 0 Å². The van der Waals surface area contributed by atoms with Crippen LogP contribution >= 0.6 is 0 Å². The van der Waals surface area contributed by atoms with Crippen molar-refractivity contribution < 1.29 is 4.79 Å². The molecular formula is C12H19N3O. The van der Waals surface area contributed by atoms with Gasteiger partial charge in [0.05, 0.1) is 12.5 Å². The molecule has 2 heterocycles. The van der Waals surface area contributed by atoms with Crippen molar-refractivity contribution in [1.29, 1.82) is 0 Å². The molecule has 0 amide bonds. The zero-order chi connectivity index (χ0) is 11.6. The Kier molecular flexibility index (Phi) is 3.10. The molecule has 16 heavy (non-hydrogen) atoms. The molecule has 1 aromatic rings. The standard InChI is InChI=1S/C12H19N3O/c1-12(3-5-14(2)6-4-12)9-15-10-13-7-11(15)8-16/h7-8,10H,3-6,9H2,1-2H3. The van der Waals surface area contributed by atoms with E-state index in [1.807, 2.05) is 4.57 Å². The Morgan fingerprint density at radius 1 is 1.50 bits per heavy atom. The number of likely N-dealkylation sites (tertiary alicyclic amines) is 1. The Morgan fingerprint density at radius 3 is 2.81 bits per heavy atom. The van der Waals surface area contributed by atoms with Crippen LogP contribution < -0.4 is 0 Å². The minimum Gasteiger partial charge on any atom is -0.328 e. The normalized spacial score (nSPS) is 20.9. The van der Waals surface area contributed by atoms with E-state index in [2.05, 4.69) is 23.9 Å². The second-order valence-electron chi connectivity index (χ2n) is 5.18. The van der Waals surface area contributed by atoms with E-state index in [0.717, 1.165) is 25.9 Å². The highest BCUT2D eigenvalue weighted by Crippen LogP contribution is 2.32. The van der Waals surface area contributed by atoms with Gasteiger partial charge in [-0.25, -0.2) is 4.98 Å². The molecule has 1 saturated heterocycles. The summed E-state index contributed by atoms with van der Waals surface area (Å²) in [7, 11) is 2.16. The van der Waals surface area contributed by atoms with Crippen LogP contribution in [0.3, 0.4) is 0 Å². The Morgan fingerprint density at radius 2 is 2.19 bits per heavy atom. The summed E-state index contributed by atoms with van der Waals surface area (Å²) >= 11 is 0. The summed E-state index contributed by atoms with van der Waals surface area (Å²) in [4.78, 5) is 17.2. The first-order valence-electron chi connectivity index (χ1n) is 5.77. The molecule has 0 bridgehead atoms. The molecule has 4 nitrogen and oxygen atoms in total. The van der Waals surface area contributed by atoms with Crippen molar-refractivity contribution in [3.63, 3.8) is 0 Å². The highest BCUT2D eigenvalue weighted by Gasteiger charge is 2.29. The van der Waals surface area contributed by atoms with Crippen LogP contribution in [0.25, 0.3) is 0 Å². The number of nitrogens with zero attached hydrogens (tertiary/aromatic N) is 3. The smallest absolute Gasteiger partial charge is 0.168 e. The van der Waals surface area contributed by atoms with Crippen LogP contribution in [0.5, 0.6) is 0 Å². The fraction of sp³-hybridized carbons (Fsp3) is 0.667. The topological polar surface area (TPSA) is 38.1 Å². The largest absolute Gasteiger partial charge is 0.328 e. The highest BCUT2D eigenvalue weighted by atomic mass is 16.1. The molecule has 0 radical (unpaired) electrons. The Hall–Kier alpha value is -1.16. The van der Waals surface area contributed by atoms with Crippen molar-refractivity contribution in [2.45, 2.75) is 26.3 Å². The maximum atomic E-state index is 10.8. The molecule has 0 spiro atoms. The van der Waals surface area contributed by atoms with Crippen LogP contribution in [0.15, 0.2) is 12.5 Å². The molecule has 0 aromatic carbocycles. The molecule has 0 saturated carbocycles. The number of carbonyl (C=O) groups excluding carboxylic acids is 1. The first kappa shape index (κ1) is 11.3. The summed E-state index contributed by atoms with van der Waals surface area (Å²) in [6, 6.07) is 0. The first-order valence-corrected chi connectivity index (χ1v) is 5.77. The second-order valence-corrected chi connectivity index (χ2v) is 5.18. The van der Waals surface area contributed by atoms with E-state index in [0.29, 0.717) is 11.1 Å². The maximum Gasteiger partial charge on any atom is 0.168 e. The lowest BCUT2D eigenvalue weighted by atomic mass is 9.80. The molecular weight excluding hydrogens is 202 g/mol. The monoisotopic (exact) mass is 221 g/mol. The predicted molar refractivity (Wildman–Crippen MR) is 62.5 cm³/mol. The molecule has 4 heteroatoms. The fourth-order valence-corrected chi connectivity index (χ4v) is 2.29. The van der Waals surface area contributed by atoms with E-state index < -0.39 is 0 Å². The van der Waals surface area contributed by atoms with Crippen LogP contribution in [-0.2, 0) is 6.54 Å². The summed E-state index contributed by atoms with van der Waals surface area (Å²) in [6.45, 7) is 5.48. The third-order valence-electron chi connectivity index (χ3n) is 3.61. The molecule has 0 aliphatic carbocycles. The Bertz CT molecular complexity index is 364. The third kappa shape index (κ3) is 2.32. The van der Waals surface area contributed by atoms with Gasteiger partial charge in [-0.05, 0) is 38.4 Å². The average molecular weight is 221 g/mol. The lowest BCUT2D eigenvalue weighted by molar-refractivity contribution is 0.108. The fourth-order valence-electron chi connectivity index (χ4n) is 2.29. The number of imidazole rings is 1. The quantitative estimate of drug-likeness (QED) is 0.725. The minimum absolute atomic E-state index is 0.297. The van der Waals surface area contributed by atoms with Crippen molar-refractivity contribution in [2.75, 3.05) is 20.1 Å². The molecule has 1 aliphatic rings. The van der Waals surface area contributed by atoms with Crippen LogP contribution in [0.4, 0.5) is 0 Å². The van der Waals surface area contributed by atoms with Gasteiger partial charge >= 0.3 is 0 Å². The molecule has 0 unspecified atom stereocenters. The molecule has 1 aliphatic heterocycles. The van der Waals surface area contributed by atoms with Crippen molar-refractivity contribution in [1.82, 2.24) is 14.5 Å². The van der Waals surface area contributed by atoms with E-state index in [1.165, 1.54) is 12.8 Å². The first-order chi connectivity index (χ1) is 7.63. The van der Waals surface area contributed by atoms with Gasteiger partial charge < -0.3 is 9.47 Å². The van der Waals surface area contributed by atoms with Crippen LogP contribution in [0.2, 0.25) is 0 Å². The number of carbonyl (C=O) groups is 1. The van der Waals surface area contributed by atoms with E-state index in [9.17, 15) is 4.79 Å². The molecule has 1 aromatic heterocycles. The van der Waals surface area contributed by atoms with Gasteiger partial charge in [0.1, 0.15) is 5.69 Å². The number of aldehydes is 1. The SMILES string of the molecule is CN1CCC(C)(Cn2cncc2C=O)CC1. The van der Waals surface area contributed by atoms with E-state index in [4.69, 9.17) is 0 Å². The summed E-state index contributed by atoms with van der Waals surface area (Å²) in [5, 5.41) is 0. The van der Waals surface area contributed by atoms with Gasteiger partial charge in [0, 0.05) is 6.54 Å². The second kappa shape index (κ2) is 4.37. The number of rotatable bonds is 3. The van der Waals surface area contributed by atoms with E-state index in [-0.39, 0.29) is 0 Å². The van der Waals surface area contributed by atoms with Crippen molar-refractivity contribution in [3.8, 4) is 0 Å². The van der Waals surface area contributed by atoms with Gasteiger partial charge in [-0.1, -0.05) is 6.92 Å². The van der Waals surface area contributed by atoms with Crippen molar-refractivity contribution >= 4 is 6.29 Å². The maximum absolute atomic E-state index is 10.8. The summed E-state index contributed by atoms with van der Waals surface area (Å²) in [6.07, 6.45) is 6.63. The number of aromatic nitrogens is 2. The number of hydrogen-bond donors (Lipinski definition) is 0. The van der Waals surface area contributed by atoms with E-state index in [1.54, 1.807) is 12.5 Å². The molecule has 0 atom stereocenters. The lowest BCUT2D eigenvalue weighted by Crippen LogP contribution is -2.38. The van der Waals surface area contributed by atoms with E-state index >= 15 is 0 Å². The zero-order valence-electron chi connectivity index (χ0n) is 10.0. The van der Waals surface area contributed by atoms with Crippen LogP contribution in [0, 0.1) is 5.41 Å². The highest BCUT2D eigenvalue weighted by molar-refractivity contribution is 5.71. The summed E-state index contributed by atoms with van der Waals surface area (Å²) in [5.74, 6) is 0. The van der Waals surface area contributed by atoms with Crippen molar-refractivity contribution in [2.24, 2.45) is 5.41 Å². The third-order valence-corrected chi connectivity index (χ3v) is 3.61. The Labute approximate surface area is 96.3 Å². The average Bonchev–Trinajstić information content (AvgIpc) is 2.70. The van der Waals surface area contributed by atoms with Gasteiger partial charge in [0.2, 0.25) is 0 Å². The minimum atomic E-state index is 0.297. The number of piperidine rings is 1. The van der Waals surface area contributed by atoms with Crippen LogP contribution in [-0.4, -0.2) is 40.9 Å². The molecule has 1 fully saturated rings. The molecule has 88 valence electrons. The summed E-state index contributed by atoms with van der Waals surface area (Å²) < 4.78 is 1.97. The summed E-state index contributed by atoms with van der Waals surface area (Å²) in [5.41, 5.74) is 0.977. The predicted octanol–water partition coefficient (Wildman–Crippen LogP) is 1.43. The van der Waals surface area contributed by atoms with Gasteiger partial charge in [0.15, 0.2) is 6.29 Å². The lowest BCUT2D eigenvalue weighted by Gasteiger charge is -2.38. The molecule has 2 rings (SSSR count). The van der Waals surface area contributed by atoms with Gasteiger partial charge in [0.25, 0.3) is 0 Å². The number of hydrogen-bond acceptors (Lipinski definition) is 3. The molecule has 0 N–H and O–H groups in total. The zero-order valence-corrected chi connectivity index (χ0v) is 10.0. The van der Waals surface area contributed by atoms with Crippen LogP contribution in [0.1, 0.15) is 30.3 Å². The van der Waals surface area contributed by atoms with Gasteiger partial charge in [-0.15, -0.1) is 0 Å². The van der Waals surface area contributed by atoms with Gasteiger partial charge in [-0.3, -0.25) is 4.79 Å². The van der Waals surface area contributed by atoms with Crippen molar-refractivity contribution in [3.05, 3.63) is 18.2 Å². The Balaban J connectivity index is 2.06.